The molecule has 1 N–H and O–H groups in total. The molecule has 1 aliphatic heterocycles. The smallest absolute Gasteiger partial charge is 0.336 e. The van der Waals surface area contributed by atoms with E-state index in [2.05, 4.69) is 11.9 Å². The van der Waals surface area contributed by atoms with Gasteiger partial charge in [0.05, 0.1) is 5.56 Å². The number of halogens is 2. The second-order valence-corrected chi connectivity index (χ2v) is 4.51. The minimum Gasteiger partial charge on any atom is -0.427 e. The third-order valence-corrected chi connectivity index (χ3v) is 2.96. The second kappa shape index (κ2) is 5.81. The molecule has 0 aromatic carbocycles. The number of hydrogen-bond donors (Lipinski definition) is 1. The van der Waals surface area contributed by atoms with Gasteiger partial charge in [0, 0.05) is 18.2 Å². The SMILES string of the molecule is C=C1Cc2oc(=O)cc(CCCC=C(F)F)c2C(=O)N1. The van der Waals surface area contributed by atoms with Crippen LogP contribution < -0.4 is 10.9 Å². The number of nitrogens with one attached hydrogen (secondary N) is 1. The Balaban J connectivity index is 2.25. The molecule has 0 atom stereocenters. The predicted octanol–water partition coefficient (Wildman–Crippen LogP) is 2.54. The lowest BCUT2D eigenvalue weighted by atomic mass is 9.97. The zero-order valence-electron chi connectivity index (χ0n) is 10.7. The van der Waals surface area contributed by atoms with E-state index in [0.29, 0.717) is 29.7 Å². The first-order valence-corrected chi connectivity index (χ1v) is 6.13. The number of carbonyl (C=O) groups is 1. The van der Waals surface area contributed by atoms with Gasteiger partial charge in [-0.25, -0.2) is 4.79 Å². The molecule has 0 fully saturated rings. The highest BCUT2D eigenvalue weighted by atomic mass is 19.3. The summed E-state index contributed by atoms with van der Waals surface area (Å²) in [6.07, 6.45) is 0.321. The van der Waals surface area contributed by atoms with Crippen LogP contribution >= 0.6 is 0 Å². The summed E-state index contributed by atoms with van der Waals surface area (Å²) < 4.78 is 28.9. The Morgan fingerprint density at radius 1 is 1.45 bits per heavy atom. The maximum Gasteiger partial charge on any atom is 0.336 e. The fraction of sp³-hybridized carbons (Fsp3) is 0.286. The lowest BCUT2D eigenvalue weighted by molar-refractivity contribution is 0.0952. The van der Waals surface area contributed by atoms with Crippen LogP contribution in [0.15, 0.2) is 39.7 Å². The Morgan fingerprint density at radius 3 is 2.90 bits per heavy atom. The summed E-state index contributed by atoms with van der Waals surface area (Å²) in [6, 6.07) is 1.24. The van der Waals surface area contributed by atoms with Crippen molar-refractivity contribution in [2.75, 3.05) is 0 Å². The van der Waals surface area contributed by atoms with E-state index in [1.165, 1.54) is 6.07 Å². The van der Waals surface area contributed by atoms with Crippen LogP contribution in [0.4, 0.5) is 8.78 Å². The van der Waals surface area contributed by atoms with Crippen molar-refractivity contribution in [3.05, 3.63) is 57.8 Å². The number of unbranched alkanes of at least 4 members (excludes halogenated alkanes) is 1. The molecule has 1 aliphatic rings. The van der Waals surface area contributed by atoms with Crippen LogP contribution in [0.2, 0.25) is 0 Å². The van der Waals surface area contributed by atoms with E-state index in [1.54, 1.807) is 0 Å². The maximum absolute atomic E-state index is 11.9. The van der Waals surface area contributed by atoms with Crippen LogP contribution in [0.1, 0.15) is 34.5 Å². The van der Waals surface area contributed by atoms with Gasteiger partial charge in [-0.15, -0.1) is 0 Å². The molecule has 1 aromatic heterocycles. The lowest BCUT2D eigenvalue weighted by Crippen LogP contribution is -2.32. The van der Waals surface area contributed by atoms with Gasteiger partial charge in [0.2, 0.25) is 0 Å². The number of fused-ring (bicyclic) bond motifs is 1. The first-order valence-electron chi connectivity index (χ1n) is 6.13. The molecule has 0 saturated heterocycles. The molecule has 2 heterocycles. The molecule has 2 rings (SSSR count). The maximum atomic E-state index is 11.9. The van der Waals surface area contributed by atoms with Gasteiger partial charge < -0.3 is 9.73 Å². The van der Waals surface area contributed by atoms with Crippen molar-refractivity contribution in [3.63, 3.8) is 0 Å². The fourth-order valence-corrected chi connectivity index (χ4v) is 2.15. The molecule has 1 amide bonds. The van der Waals surface area contributed by atoms with E-state index in [-0.39, 0.29) is 24.5 Å². The number of rotatable bonds is 4. The van der Waals surface area contributed by atoms with E-state index in [9.17, 15) is 18.4 Å². The Hall–Kier alpha value is -2.24. The molecule has 1 aromatic rings. The van der Waals surface area contributed by atoms with Gasteiger partial charge in [0.15, 0.2) is 0 Å². The first-order chi connectivity index (χ1) is 9.47. The van der Waals surface area contributed by atoms with Crippen molar-refractivity contribution in [1.82, 2.24) is 5.32 Å². The van der Waals surface area contributed by atoms with Gasteiger partial charge in [0.25, 0.3) is 12.0 Å². The van der Waals surface area contributed by atoms with Gasteiger partial charge in [0.1, 0.15) is 5.76 Å². The third kappa shape index (κ3) is 3.20. The zero-order valence-corrected chi connectivity index (χ0v) is 10.7. The van der Waals surface area contributed by atoms with Crippen molar-refractivity contribution in [2.24, 2.45) is 0 Å². The number of aryl methyl sites for hydroxylation is 1. The Labute approximate surface area is 113 Å². The topological polar surface area (TPSA) is 59.3 Å². The van der Waals surface area contributed by atoms with Crippen LogP contribution in [0.3, 0.4) is 0 Å². The van der Waals surface area contributed by atoms with Gasteiger partial charge in [-0.3, -0.25) is 4.79 Å². The summed E-state index contributed by atoms with van der Waals surface area (Å²) in [4.78, 5) is 23.4. The van der Waals surface area contributed by atoms with Crippen molar-refractivity contribution in [1.29, 1.82) is 0 Å². The van der Waals surface area contributed by atoms with Crippen LogP contribution in [-0.4, -0.2) is 5.91 Å². The van der Waals surface area contributed by atoms with Crippen LogP contribution in [0, 0.1) is 0 Å². The predicted molar refractivity (Wildman–Crippen MR) is 68.5 cm³/mol. The molecule has 6 heteroatoms. The molecule has 20 heavy (non-hydrogen) atoms. The van der Waals surface area contributed by atoms with Gasteiger partial charge in [-0.05, 0) is 30.9 Å². The van der Waals surface area contributed by atoms with Crippen molar-refractivity contribution in [3.8, 4) is 0 Å². The standard InChI is InChI=1S/C14H13F2NO3/c1-8-6-10-13(14(19)17-8)9(7-12(18)20-10)4-2-3-5-11(15)16/h5,7H,1-4,6H2,(H,17,19). The van der Waals surface area contributed by atoms with Crippen LogP contribution in [0.5, 0.6) is 0 Å². The van der Waals surface area contributed by atoms with Crippen molar-refractivity contribution in [2.45, 2.75) is 25.7 Å². The summed E-state index contributed by atoms with van der Waals surface area (Å²) in [5, 5.41) is 2.58. The average molecular weight is 281 g/mol. The Morgan fingerprint density at radius 2 is 2.20 bits per heavy atom. The molecule has 0 aliphatic carbocycles. The quantitative estimate of drug-likeness (QED) is 0.863. The molecule has 4 nitrogen and oxygen atoms in total. The summed E-state index contributed by atoms with van der Waals surface area (Å²) in [5.74, 6) is -0.0873. The molecule has 0 spiro atoms. The summed E-state index contributed by atoms with van der Waals surface area (Å²) >= 11 is 0. The minimum absolute atomic E-state index is 0.186. The van der Waals surface area contributed by atoms with Crippen LogP contribution in [0.25, 0.3) is 0 Å². The van der Waals surface area contributed by atoms with E-state index < -0.39 is 11.7 Å². The van der Waals surface area contributed by atoms with Crippen molar-refractivity contribution >= 4 is 5.91 Å². The van der Waals surface area contributed by atoms with E-state index >= 15 is 0 Å². The summed E-state index contributed by atoms with van der Waals surface area (Å²) in [5.41, 5.74) is 0.759. The Bertz CT molecular complexity index is 642. The van der Waals surface area contributed by atoms with Gasteiger partial charge >= 0.3 is 5.63 Å². The fourth-order valence-electron chi connectivity index (χ4n) is 2.15. The number of hydrogen-bond acceptors (Lipinski definition) is 3. The number of amides is 1. The van der Waals surface area contributed by atoms with E-state index in [4.69, 9.17) is 4.42 Å². The monoisotopic (exact) mass is 281 g/mol. The highest BCUT2D eigenvalue weighted by Crippen LogP contribution is 2.21. The Kier molecular flexibility index (Phi) is 4.12. The molecule has 0 saturated carbocycles. The molecular formula is C14H13F2NO3. The van der Waals surface area contributed by atoms with Gasteiger partial charge in [-0.1, -0.05) is 6.58 Å². The second-order valence-electron chi connectivity index (χ2n) is 4.51. The highest BCUT2D eigenvalue weighted by Gasteiger charge is 2.25. The lowest BCUT2D eigenvalue weighted by Gasteiger charge is -2.19. The molecule has 106 valence electrons. The van der Waals surface area contributed by atoms with E-state index in [0.717, 1.165) is 6.08 Å². The highest BCUT2D eigenvalue weighted by molar-refractivity contribution is 5.98. The van der Waals surface area contributed by atoms with Gasteiger partial charge in [-0.2, -0.15) is 8.78 Å². The number of allylic oxidation sites excluding steroid dienone is 2. The largest absolute Gasteiger partial charge is 0.427 e. The first kappa shape index (κ1) is 14.2. The number of carbonyl (C=O) groups excluding carboxylic acids is 1. The van der Waals surface area contributed by atoms with Crippen LogP contribution in [-0.2, 0) is 12.8 Å². The minimum atomic E-state index is -1.73. The molecular weight excluding hydrogens is 268 g/mol. The zero-order chi connectivity index (χ0) is 14.7. The van der Waals surface area contributed by atoms with Crippen molar-refractivity contribution < 1.29 is 18.0 Å². The molecule has 0 radical (unpaired) electrons. The molecule has 0 unspecified atom stereocenters. The van der Waals surface area contributed by atoms with E-state index in [1.807, 2.05) is 0 Å². The third-order valence-electron chi connectivity index (χ3n) is 2.96. The summed E-state index contributed by atoms with van der Waals surface area (Å²) in [7, 11) is 0. The average Bonchev–Trinajstić information content (AvgIpc) is 2.32. The molecule has 0 bridgehead atoms. The summed E-state index contributed by atoms with van der Waals surface area (Å²) in [6.45, 7) is 3.63. The normalized spacial score (nSPS) is 13.7.